The van der Waals surface area contributed by atoms with Gasteiger partial charge in [0.15, 0.2) is 5.41 Å². The number of methoxy groups -OCH3 is 2. The molecule has 0 aromatic heterocycles. The van der Waals surface area contributed by atoms with Crippen molar-refractivity contribution >= 4 is 17.3 Å². The molecule has 28 heavy (non-hydrogen) atoms. The van der Waals surface area contributed by atoms with Gasteiger partial charge < -0.3 is 9.47 Å². The number of fused-ring (bicyclic) bond motifs is 1. The molecule has 0 saturated heterocycles. The van der Waals surface area contributed by atoms with Crippen molar-refractivity contribution in [3.05, 3.63) is 65.7 Å². The second-order valence-corrected chi connectivity index (χ2v) is 6.57. The van der Waals surface area contributed by atoms with Crippen LogP contribution in [0.4, 0.5) is 0 Å². The zero-order valence-corrected chi connectivity index (χ0v) is 15.7. The minimum atomic E-state index is -1.45. The topological polar surface area (TPSA) is 74.9 Å². The Morgan fingerprint density at radius 1 is 1.04 bits per heavy atom. The zero-order chi connectivity index (χ0) is 19.7. The molecule has 1 amide bonds. The van der Waals surface area contributed by atoms with Crippen LogP contribution in [-0.2, 0) is 10.2 Å². The van der Waals surface area contributed by atoms with Crippen LogP contribution >= 0.6 is 0 Å². The molecule has 0 N–H and O–H groups in total. The summed E-state index contributed by atoms with van der Waals surface area (Å²) in [6, 6.07) is 16.8. The molecule has 0 radical (unpaired) electrons. The van der Waals surface area contributed by atoms with E-state index < -0.39 is 5.41 Å². The third-order valence-electron chi connectivity index (χ3n) is 5.21. The maximum absolute atomic E-state index is 13.5. The fraction of sp³-hybridized carbons (Fsp3) is 0.227. The molecule has 0 bridgehead atoms. The zero-order valence-electron chi connectivity index (χ0n) is 15.7. The molecule has 2 aromatic carbocycles. The molecule has 6 nitrogen and oxygen atoms in total. The van der Waals surface area contributed by atoms with Crippen LogP contribution in [0.5, 0.6) is 11.5 Å². The number of nitriles is 1. The van der Waals surface area contributed by atoms with Crippen molar-refractivity contribution in [3.63, 3.8) is 0 Å². The second kappa shape index (κ2) is 6.86. The van der Waals surface area contributed by atoms with Gasteiger partial charge in [0.2, 0.25) is 0 Å². The molecule has 0 saturated carbocycles. The predicted molar refractivity (Wildman–Crippen MR) is 105 cm³/mol. The van der Waals surface area contributed by atoms with Crippen LogP contribution in [0.25, 0.3) is 5.57 Å². The van der Waals surface area contributed by atoms with Gasteiger partial charge >= 0.3 is 0 Å². The van der Waals surface area contributed by atoms with Crippen molar-refractivity contribution in [2.24, 2.45) is 4.99 Å². The van der Waals surface area contributed by atoms with E-state index in [2.05, 4.69) is 11.1 Å². The summed E-state index contributed by atoms with van der Waals surface area (Å²) in [5, 5.41) is 10.3. The summed E-state index contributed by atoms with van der Waals surface area (Å²) in [6.45, 7) is 1.03. The molecule has 2 aromatic rings. The fourth-order valence-corrected chi connectivity index (χ4v) is 3.71. The lowest BCUT2D eigenvalue weighted by atomic mass is 9.69. The van der Waals surface area contributed by atoms with Gasteiger partial charge in [-0.1, -0.05) is 24.3 Å². The second-order valence-electron chi connectivity index (χ2n) is 6.57. The van der Waals surface area contributed by atoms with E-state index in [1.165, 1.54) is 0 Å². The minimum Gasteiger partial charge on any atom is -0.497 e. The Morgan fingerprint density at radius 3 is 2.21 bits per heavy atom. The van der Waals surface area contributed by atoms with Crippen LogP contribution in [0, 0.1) is 11.3 Å². The summed E-state index contributed by atoms with van der Waals surface area (Å²) in [5.41, 5.74) is 0.545. The van der Waals surface area contributed by atoms with Gasteiger partial charge in [-0.2, -0.15) is 5.26 Å². The van der Waals surface area contributed by atoms with Crippen molar-refractivity contribution in [2.75, 3.05) is 27.3 Å². The lowest BCUT2D eigenvalue weighted by Crippen LogP contribution is -2.51. The maximum atomic E-state index is 13.5. The first kappa shape index (κ1) is 17.8. The number of hydrogen-bond donors (Lipinski definition) is 0. The van der Waals surface area contributed by atoms with E-state index in [1.54, 1.807) is 43.4 Å². The molecule has 2 heterocycles. The van der Waals surface area contributed by atoms with E-state index in [0.717, 1.165) is 5.56 Å². The van der Waals surface area contributed by atoms with E-state index in [-0.39, 0.29) is 5.91 Å². The third-order valence-corrected chi connectivity index (χ3v) is 5.21. The van der Waals surface area contributed by atoms with Crippen LogP contribution in [-0.4, -0.2) is 44.0 Å². The first-order valence-corrected chi connectivity index (χ1v) is 8.93. The monoisotopic (exact) mass is 373 g/mol. The maximum Gasteiger partial charge on any atom is 0.257 e. The largest absolute Gasteiger partial charge is 0.497 e. The summed E-state index contributed by atoms with van der Waals surface area (Å²) in [7, 11) is 3.18. The summed E-state index contributed by atoms with van der Waals surface area (Å²) in [5.74, 6) is 1.71. The number of benzene rings is 2. The number of ether oxygens (including phenoxy) is 2. The highest BCUT2D eigenvalue weighted by atomic mass is 16.5. The quantitative estimate of drug-likeness (QED) is 0.826. The number of carbonyl (C=O) groups is 1. The number of aliphatic imine (C=N–C) groups is 1. The van der Waals surface area contributed by atoms with Crippen molar-refractivity contribution in [2.45, 2.75) is 5.41 Å². The van der Waals surface area contributed by atoms with Gasteiger partial charge in [0.1, 0.15) is 17.3 Å². The van der Waals surface area contributed by atoms with Gasteiger partial charge in [-0.05, 0) is 47.0 Å². The Morgan fingerprint density at radius 2 is 1.64 bits per heavy atom. The molecule has 6 heteroatoms. The molecule has 1 atom stereocenters. The summed E-state index contributed by atoms with van der Waals surface area (Å²) >= 11 is 0. The van der Waals surface area contributed by atoms with Crippen LogP contribution in [0.2, 0.25) is 0 Å². The Kier molecular flexibility index (Phi) is 4.36. The van der Waals surface area contributed by atoms with Crippen LogP contribution in [0.3, 0.4) is 0 Å². The van der Waals surface area contributed by atoms with Crippen LogP contribution in [0.15, 0.2) is 59.6 Å². The van der Waals surface area contributed by atoms with E-state index in [9.17, 15) is 10.1 Å². The molecular formula is C22H19N3O3. The molecule has 0 spiro atoms. The Balaban J connectivity index is 1.94. The molecule has 0 aliphatic carbocycles. The highest BCUT2D eigenvalue weighted by Gasteiger charge is 2.51. The molecule has 2 aliphatic rings. The first-order valence-electron chi connectivity index (χ1n) is 8.93. The smallest absolute Gasteiger partial charge is 0.257 e. The Hall–Kier alpha value is -3.59. The normalized spacial score (nSPS) is 20.8. The average molecular weight is 373 g/mol. The first-order chi connectivity index (χ1) is 13.6. The summed E-state index contributed by atoms with van der Waals surface area (Å²) < 4.78 is 10.5. The number of amidine groups is 1. The average Bonchev–Trinajstić information content (AvgIpc) is 3.23. The highest BCUT2D eigenvalue weighted by Crippen LogP contribution is 2.44. The van der Waals surface area contributed by atoms with Crippen molar-refractivity contribution in [3.8, 4) is 17.6 Å². The standard InChI is InChI=1S/C22H19N3O3/c1-27-17-7-3-15(4-8-17)19-13-20-24-11-12-25(20)21(26)22(19,14-23)16-5-9-18(28-2)10-6-16/h3-10,13H,11-12H2,1-2H3/t22-/m0/s1. The fourth-order valence-electron chi connectivity index (χ4n) is 3.71. The van der Waals surface area contributed by atoms with E-state index in [0.29, 0.717) is 41.6 Å². The molecular weight excluding hydrogens is 354 g/mol. The Bertz CT molecular complexity index is 1020. The molecule has 4 rings (SSSR count). The van der Waals surface area contributed by atoms with Gasteiger partial charge in [0.05, 0.1) is 26.8 Å². The van der Waals surface area contributed by atoms with E-state index in [1.807, 2.05) is 30.3 Å². The lowest BCUT2D eigenvalue weighted by molar-refractivity contribution is -0.129. The van der Waals surface area contributed by atoms with Crippen molar-refractivity contribution < 1.29 is 14.3 Å². The van der Waals surface area contributed by atoms with E-state index >= 15 is 0 Å². The molecule has 140 valence electrons. The summed E-state index contributed by atoms with van der Waals surface area (Å²) in [4.78, 5) is 19.6. The SMILES string of the molecule is COc1ccc(C2=CC3=NCCN3C(=O)[C@@]2(C#N)c2ccc(OC)cc2)cc1. The molecule has 0 unspecified atom stereocenters. The predicted octanol–water partition coefficient (Wildman–Crippen LogP) is 2.80. The van der Waals surface area contributed by atoms with Gasteiger partial charge in [-0.25, -0.2) is 0 Å². The van der Waals surface area contributed by atoms with Crippen molar-refractivity contribution in [1.29, 1.82) is 5.26 Å². The van der Waals surface area contributed by atoms with Gasteiger partial charge in [0, 0.05) is 6.54 Å². The number of carbonyl (C=O) groups excluding carboxylic acids is 1. The van der Waals surface area contributed by atoms with E-state index in [4.69, 9.17) is 9.47 Å². The highest BCUT2D eigenvalue weighted by molar-refractivity contribution is 6.22. The molecule has 2 aliphatic heterocycles. The minimum absolute atomic E-state index is 0.273. The van der Waals surface area contributed by atoms with Gasteiger partial charge in [-0.15, -0.1) is 0 Å². The number of rotatable bonds is 4. The van der Waals surface area contributed by atoms with Crippen LogP contribution < -0.4 is 9.47 Å². The Labute approximate surface area is 163 Å². The molecule has 0 fully saturated rings. The number of hydrogen-bond acceptors (Lipinski definition) is 5. The lowest BCUT2D eigenvalue weighted by Gasteiger charge is -2.37. The van der Waals surface area contributed by atoms with Crippen molar-refractivity contribution in [1.82, 2.24) is 4.90 Å². The van der Waals surface area contributed by atoms with Crippen LogP contribution in [0.1, 0.15) is 11.1 Å². The number of nitrogens with zero attached hydrogens (tertiary/aromatic N) is 3. The summed E-state index contributed by atoms with van der Waals surface area (Å²) in [6.07, 6.45) is 1.85. The van der Waals surface area contributed by atoms with Gasteiger partial charge in [-0.3, -0.25) is 14.7 Å². The number of amides is 1. The third kappa shape index (κ3) is 2.55. The van der Waals surface area contributed by atoms with Gasteiger partial charge in [0.25, 0.3) is 5.91 Å².